The topological polar surface area (TPSA) is 45.8 Å². The molecule has 4 heteroatoms. The van der Waals surface area contributed by atoms with Gasteiger partial charge in [0.15, 0.2) is 0 Å². The summed E-state index contributed by atoms with van der Waals surface area (Å²) < 4.78 is 0. The summed E-state index contributed by atoms with van der Waals surface area (Å²) in [7, 11) is 0. The van der Waals surface area contributed by atoms with E-state index in [1.165, 1.54) is 16.0 Å². The van der Waals surface area contributed by atoms with Gasteiger partial charge in [0.25, 0.3) is 5.56 Å². The maximum Gasteiger partial charge on any atom is 0.260 e. The minimum absolute atomic E-state index is 0.00461. The van der Waals surface area contributed by atoms with Crippen LogP contribution >= 0.6 is 11.3 Å². The van der Waals surface area contributed by atoms with E-state index >= 15 is 0 Å². The third-order valence-corrected chi connectivity index (χ3v) is 5.09. The lowest BCUT2D eigenvalue weighted by Gasteiger charge is -2.02. The summed E-state index contributed by atoms with van der Waals surface area (Å²) in [6, 6.07) is 8.07. The molecular formula is C16H14N2OS. The Morgan fingerprint density at radius 2 is 2.00 bits per heavy atom. The second kappa shape index (κ2) is 4.28. The van der Waals surface area contributed by atoms with E-state index in [1.807, 2.05) is 31.2 Å². The SMILES string of the molecule is Cc1ccc(-c2nc3sc4c(c3c(=O)[nH]2)CCC4)cc1. The zero-order valence-electron chi connectivity index (χ0n) is 11.2. The lowest BCUT2D eigenvalue weighted by atomic mass is 10.1. The Morgan fingerprint density at radius 1 is 1.20 bits per heavy atom. The Balaban J connectivity index is 1.95. The highest BCUT2D eigenvalue weighted by Crippen LogP contribution is 2.35. The largest absolute Gasteiger partial charge is 0.306 e. The smallest absolute Gasteiger partial charge is 0.260 e. The molecule has 20 heavy (non-hydrogen) atoms. The summed E-state index contributed by atoms with van der Waals surface area (Å²) in [6.07, 6.45) is 3.27. The van der Waals surface area contributed by atoms with Gasteiger partial charge in [-0.05, 0) is 31.7 Å². The summed E-state index contributed by atoms with van der Waals surface area (Å²) in [6.45, 7) is 2.05. The van der Waals surface area contributed by atoms with Crippen LogP contribution in [0.15, 0.2) is 29.1 Å². The number of nitrogens with one attached hydrogen (secondary N) is 1. The molecule has 4 rings (SSSR count). The first kappa shape index (κ1) is 11.9. The summed E-state index contributed by atoms with van der Waals surface area (Å²) >= 11 is 1.68. The van der Waals surface area contributed by atoms with Crippen molar-refractivity contribution in [3.8, 4) is 11.4 Å². The van der Waals surface area contributed by atoms with Gasteiger partial charge in [-0.25, -0.2) is 4.98 Å². The number of thiophene rings is 1. The van der Waals surface area contributed by atoms with Gasteiger partial charge < -0.3 is 4.98 Å². The van der Waals surface area contributed by atoms with Gasteiger partial charge in [0.1, 0.15) is 10.7 Å². The fourth-order valence-corrected chi connectivity index (χ4v) is 4.11. The minimum Gasteiger partial charge on any atom is -0.306 e. The number of fused-ring (bicyclic) bond motifs is 3. The maximum absolute atomic E-state index is 12.4. The fourth-order valence-electron chi connectivity index (χ4n) is 2.85. The summed E-state index contributed by atoms with van der Waals surface area (Å²) in [5, 5.41) is 0.818. The van der Waals surface area contributed by atoms with Crippen molar-refractivity contribution in [1.29, 1.82) is 0 Å². The normalized spacial score (nSPS) is 13.8. The molecule has 0 radical (unpaired) electrons. The van der Waals surface area contributed by atoms with Crippen molar-refractivity contribution >= 4 is 21.6 Å². The number of nitrogens with zero attached hydrogens (tertiary/aromatic N) is 1. The van der Waals surface area contributed by atoms with Crippen LogP contribution in [0.1, 0.15) is 22.4 Å². The number of aryl methyl sites for hydroxylation is 3. The van der Waals surface area contributed by atoms with E-state index in [0.717, 1.165) is 35.0 Å². The molecule has 0 bridgehead atoms. The third-order valence-electron chi connectivity index (χ3n) is 3.90. The number of hydrogen-bond donors (Lipinski definition) is 1. The Kier molecular flexibility index (Phi) is 2.54. The Hall–Kier alpha value is -1.94. The van der Waals surface area contributed by atoms with E-state index in [0.29, 0.717) is 5.82 Å². The maximum atomic E-state index is 12.4. The molecule has 0 saturated heterocycles. The minimum atomic E-state index is 0.00461. The molecule has 2 aromatic heterocycles. The van der Waals surface area contributed by atoms with Crippen LogP contribution in [0.2, 0.25) is 0 Å². The average Bonchev–Trinajstić information content (AvgIpc) is 2.99. The zero-order valence-corrected chi connectivity index (χ0v) is 12.0. The first-order valence-corrected chi connectivity index (χ1v) is 7.65. The number of H-pyrrole nitrogens is 1. The van der Waals surface area contributed by atoms with E-state index in [2.05, 4.69) is 9.97 Å². The molecule has 0 aliphatic heterocycles. The molecule has 0 spiro atoms. The highest BCUT2D eigenvalue weighted by molar-refractivity contribution is 7.18. The van der Waals surface area contributed by atoms with E-state index < -0.39 is 0 Å². The molecule has 1 aromatic carbocycles. The molecule has 0 saturated carbocycles. The zero-order chi connectivity index (χ0) is 13.7. The predicted molar refractivity (Wildman–Crippen MR) is 82.4 cm³/mol. The van der Waals surface area contributed by atoms with E-state index in [4.69, 9.17) is 0 Å². The second-order valence-corrected chi connectivity index (χ2v) is 6.40. The molecule has 1 aliphatic carbocycles. The van der Waals surface area contributed by atoms with Crippen LogP contribution in [0.3, 0.4) is 0 Å². The molecule has 3 nitrogen and oxygen atoms in total. The van der Waals surface area contributed by atoms with Crippen molar-refractivity contribution < 1.29 is 0 Å². The van der Waals surface area contributed by atoms with Gasteiger partial charge in [0, 0.05) is 10.4 Å². The standard InChI is InChI=1S/C16H14N2OS/c1-9-5-7-10(8-6-9)14-17-15(19)13-11-3-2-4-12(11)20-16(13)18-14/h5-8H,2-4H2,1H3,(H,17,18,19). The van der Waals surface area contributed by atoms with Gasteiger partial charge in [-0.2, -0.15) is 0 Å². The van der Waals surface area contributed by atoms with Gasteiger partial charge in [0.2, 0.25) is 0 Å². The van der Waals surface area contributed by atoms with Crippen LogP contribution < -0.4 is 5.56 Å². The molecule has 100 valence electrons. The van der Waals surface area contributed by atoms with Crippen LogP contribution in [0.5, 0.6) is 0 Å². The van der Waals surface area contributed by atoms with Crippen molar-refractivity contribution in [3.05, 3.63) is 50.6 Å². The van der Waals surface area contributed by atoms with E-state index in [9.17, 15) is 4.79 Å². The van der Waals surface area contributed by atoms with Gasteiger partial charge in [0.05, 0.1) is 5.39 Å². The van der Waals surface area contributed by atoms with Crippen LogP contribution in [-0.2, 0) is 12.8 Å². The summed E-state index contributed by atoms with van der Waals surface area (Å²) in [4.78, 5) is 22.2. The first-order chi connectivity index (χ1) is 9.72. The molecule has 0 unspecified atom stereocenters. The van der Waals surface area contributed by atoms with E-state index in [1.54, 1.807) is 11.3 Å². The van der Waals surface area contributed by atoms with Crippen molar-refractivity contribution in [2.75, 3.05) is 0 Å². The second-order valence-electron chi connectivity index (χ2n) is 5.32. The van der Waals surface area contributed by atoms with Gasteiger partial charge >= 0.3 is 0 Å². The van der Waals surface area contributed by atoms with Gasteiger partial charge in [-0.1, -0.05) is 29.8 Å². The number of benzene rings is 1. The third kappa shape index (κ3) is 1.72. The number of aromatic nitrogens is 2. The number of hydrogen-bond acceptors (Lipinski definition) is 3. The van der Waals surface area contributed by atoms with Gasteiger partial charge in [-0.15, -0.1) is 11.3 Å². The monoisotopic (exact) mass is 282 g/mol. The fraction of sp³-hybridized carbons (Fsp3) is 0.250. The summed E-state index contributed by atoms with van der Waals surface area (Å²) in [5.41, 5.74) is 3.40. The van der Waals surface area contributed by atoms with Gasteiger partial charge in [-0.3, -0.25) is 4.79 Å². The molecule has 0 amide bonds. The lowest BCUT2D eigenvalue weighted by molar-refractivity contribution is 0.916. The Bertz CT molecular complexity index is 859. The van der Waals surface area contributed by atoms with Crippen LogP contribution in [0.4, 0.5) is 0 Å². The van der Waals surface area contributed by atoms with Crippen LogP contribution in [0, 0.1) is 6.92 Å². The highest BCUT2D eigenvalue weighted by atomic mass is 32.1. The van der Waals surface area contributed by atoms with Crippen LogP contribution in [0.25, 0.3) is 21.6 Å². The predicted octanol–water partition coefficient (Wildman–Crippen LogP) is 3.45. The molecule has 0 fully saturated rings. The number of rotatable bonds is 1. The van der Waals surface area contributed by atoms with Crippen molar-refractivity contribution in [1.82, 2.24) is 9.97 Å². The molecule has 0 atom stereocenters. The lowest BCUT2D eigenvalue weighted by Crippen LogP contribution is -2.09. The highest BCUT2D eigenvalue weighted by Gasteiger charge is 2.21. The van der Waals surface area contributed by atoms with Crippen molar-refractivity contribution in [2.45, 2.75) is 26.2 Å². The van der Waals surface area contributed by atoms with Crippen molar-refractivity contribution in [2.24, 2.45) is 0 Å². The molecule has 1 N–H and O–H groups in total. The Labute approximate surface area is 120 Å². The average molecular weight is 282 g/mol. The van der Waals surface area contributed by atoms with Crippen molar-refractivity contribution in [3.63, 3.8) is 0 Å². The first-order valence-electron chi connectivity index (χ1n) is 6.84. The molecule has 2 heterocycles. The quantitative estimate of drug-likeness (QED) is 0.743. The van der Waals surface area contributed by atoms with E-state index in [-0.39, 0.29) is 5.56 Å². The molecule has 1 aliphatic rings. The van der Waals surface area contributed by atoms with Crippen LogP contribution in [-0.4, -0.2) is 9.97 Å². The molecular weight excluding hydrogens is 268 g/mol. The molecule has 3 aromatic rings. The number of aromatic amines is 1. The Morgan fingerprint density at radius 3 is 2.80 bits per heavy atom. The summed E-state index contributed by atoms with van der Waals surface area (Å²) in [5.74, 6) is 0.669.